The fourth-order valence-electron chi connectivity index (χ4n) is 10.6. The van der Waals surface area contributed by atoms with Crippen molar-refractivity contribution in [2.45, 2.75) is 159 Å². The van der Waals surface area contributed by atoms with Crippen LogP contribution >= 0.6 is 31.9 Å². The molecule has 8 aromatic heterocycles. The zero-order chi connectivity index (χ0) is 61.7. The van der Waals surface area contributed by atoms with Crippen molar-refractivity contribution in [3.63, 3.8) is 0 Å². The molecule has 3 aliphatic rings. The standard InChI is InChI=1S/C19H16F2N6O.C10H8BrFN4O.C10H8FN4O.C9H8BrFN2.3C4H9.3CH4.Sn/c1-2-9-13(21)4-14-11(5-23-26-14)18(9)15-7-27-8-16(24-17(27)6-22-15)25-19(28)10-3-12(10)20;11-7-3-16-4-8(14-9(16)2-13-7)15-10(17)5-1-6(5)12;11-7-3-6(7)10(16)14-8-5-15-2-1-12-4-9(15)13-8;1-2-5-7(11)3-8-6(9(5)10)4-12-13-8;3*1-3-4-2;;;;/h4-8,10,12H,2-3H2,1H3,(H,23,26)(H,25,28);2-6H,1H2,(H,15,17);2,4-7H,3H2,(H,14,16);3-4H,2H2,1H3,(H,12,13);3*1,3-4H2,2H3;3*1H4;/t10-,12+;5-,6+;6-,7+;;;;;;;;/m111......../s1. The number of hydrogen-bond donors (Lipinski definition) is 5. The van der Waals surface area contributed by atoms with Crippen molar-refractivity contribution in [2.75, 3.05) is 16.0 Å². The number of halogens is 7. The van der Waals surface area contributed by atoms with E-state index in [0.717, 1.165) is 26.4 Å². The number of unbranched alkanes of at least 4 members (excludes halogenated alkanes) is 3. The van der Waals surface area contributed by atoms with Crippen molar-refractivity contribution in [1.29, 1.82) is 0 Å². The van der Waals surface area contributed by atoms with E-state index in [0.29, 0.717) is 86.9 Å². The molecule has 3 aliphatic carbocycles. The van der Waals surface area contributed by atoms with Gasteiger partial charge in [-0.3, -0.25) is 24.8 Å². The first-order valence-electron chi connectivity index (χ1n) is 29.4. The summed E-state index contributed by atoms with van der Waals surface area (Å²) in [4.78, 5) is 61.8. The van der Waals surface area contributed by atoms with Gasteiger partial charge in [-0.05, 0) is 75.2 Å². The Morgan fingerprint density at radius 2 is 0.956 bits per heavy atom. The molecule has 0 aliphatic heterocycles. The van der Waals surface area contributed by atoms with E-state index in [1.165, 1.54) is 67.7 Å². The summed E-state index contributed by atoms with van der Waals surface area (Å²) in [5.41, 5.74) is 5.68. The van der Waals surface area contributed by atoms with Crippen LogP contribution in [0.5, 0.6) is 0 Å². The largest absolute Gasteiger partial charge is 0.309 e. The average molecular weight is 1480 g/mol. The summed E-state index contributed by atoms with van der Waals surface area (Å²) in [6.07, 6.45) is 25.7. The maximum absolute atomic E-state index is 14.5. The number of anilines is 3. The molecule has 482 valence electrons. The number of fused-ring (bicyclic) bond motifs is 5. The Balaban J connectivity index is 0.000000176. The van der Waals surface area contributed by atoms with E-state index >= 15 is 0 Å². The molecule has 0 bridgehead atoms. The summed E-state index contributed by atoms with van der Waals surface area (Å²) in [7, 11) is 0. The molecule has 5 N–H and O–H groups in total. The number of carbonyl (C=O) groups excluding carboxylic acids is 3. The van der Waals surface area contributed by atoms with Gasteiger partial charge in [0.15, 0.2) is 22.9 Å². The molecular formula is C63H79Br2F5N16O3Sn. The van der Waals surface area contributed by atoms with Crippen molar-refractivity contribution in [2.24, 2.45) is 17.8 Å². The smallest absolute Gasteiger partial charge is 0.231 e. The molecule has 3 saturated carbocycles. The Morgan fingerprint density at radius 1 is 0.556 bits per heavy atom. The third-order valence-corrected chi connectivity index (χ3v) is 32.3. The van der Waals surface area contributed by atoms with Gasteiger partial charge >= 0.3 is 178 Å². The normalized spacial score (nSPS) is 17.8. The molecule has 8 heterocycles. The molecule has 3 fully saturated rings. The van der Waals surface area contributed by atoms with Crippen LogP contribution in [0.25, 0.3) is 50.0 Å². The maximum Gasteiger partial charge on any atom is 0.231 e. The third-order valence-electron chi connectivity index (χ3n) is 16.0. The SMILES string of the molecule is C.C.C.CCC[CH2][Sn]([CH2]CCC)([CH2]CCC)[c]1cn2cc(NC(=O)[C@@H]3C[C@@H]3F)nc2cn1.CCc1c(F)cc2[nH]ncc2c1-c1cn2cc(NC(=O)[C@@H]3C[C@@H]3F)nc2cn1.CCc1c(F)cc2[nH]ncc2c1Br.O=C(Nc1cn2cc(Br)ncc2n1)[C@@H]1C[C@@H]1F. The average Bonchev–Trinajstić information content (AvgIpc) is 1.49. The molecule has 3 amide bonds. The molecular weight excluding hydrogens is 1400 g/mol. The molecule has 2 aromatic carbocycles. The molecule has 0 unspecified atom stereocenters. The van der Waals surface area contributed by atoms with Crippen molar-refractivity contribution in [3.8, 4) is 11.3 Å². The van der Waals surface area contributed by atoms with Gasteiger partial charge in [0.05, 0.1) is 65.7 Å². The summed E-state index contributed by atoms with van der Waals surface area (Å²) in [5, 5.41) is 23.1. The van der Waals surface area contributed by atoms with E-state index in [-0.39, 0.29) is 58.1 Å². The van der Waals surface area contributed by atoms with Gasteiger partial charge < -0.3 is 19.4 Å². The van der Waals surface area contributed by atoms with Crippen LogP contribution in [0.15, 0.2) is 89.4 Å². The number of alkyl halides is 3. The monoisotopic (exact) mass is 1480 g/mol. The van der Waals surface area contributed by atoms with E-state index in [2.05, 4.69) is 120 Å². The maximum atomic E-state index is 14.5. The van der Waals surface area contributed by atoms with Crippen LogP contribution in [-0.2, 0) is 27.2 Å². The number of hydrogen-bond acceptors (Lipinski definition) is 11. The summed E-state index contributed by atoms with van der Waals surface area (Å²) in [6, 6.07) is 2.91. The minimum absolute atomic E-state index is 0. The number of amides is 3. The molecule has 13 rings (SSSR count). The van der Waals surface area contributed by atoms with Crippen molar-refractivity contribution < 1.29 is 36.3 Å². The van der Waals surface area contributed by atoms with Gasteiger partial charge in [-0.25, -0.2) is 32.5 Å². The van der Waals surface area contributed by atoms with Crippen LogP contribution < -0.4 is 19.7 Å². The summed E-state index contributed by atoms with van der Waals surface area (Å²) in [5.74, 6) is -1.84. The number of aromatic amines is 2. The molecule has 0 spiro atoms. The Kier molecular flexibility index (Phi) is 24.2. The number of nitrogens with zero attached hydrogens (tertiary/aromatic N) is 11. The van der Waals surface area contributed by atoms with Crippen LogP contribution in [-0.4, -0.2) is 118 Å². The third kappa shape index (κ3) is 16.2. The first-order valence-corrected chi connectivity index (χ1v) is 38.5. The van der Waals surface area contributed by atoms with Crippen LogP contribution in [0.1, 0.15) is 126 Å². The van der Waals surface area contributed by atoms with E-state index in [4.69, 9.17) is 4.98 Å². The van der Waals surface area contributed by atoms with Gasteiger partial charge in [0, 0.05) is 38.8 Å². The molecule has 90 heavy (non-hydrogen) atoms. The number of aromatic nitrogens is 13. The first-order chi connectivity index (χ1) is 41.9. The number of benzene rings is 2. The molecule has 0 radical (unpaired) electrons. The number of nitrogens with one attached hydrogen (secondary N) is 5. The van der Waals surface area contributed by atoms with E-state index in [1.807, 2.05) is 30.6 Å². The second-order valence-corrected chi connectivity index (χ2v) is 37.0. The Morgan fingerprint density at radius 3 is 1.40 bits per heavy atom. The van der Waals surface area contributed by atoms with Crippen LogP contribution in [0.2, 0.25) is 13.3 Å². The zero-order valence-corrected chi connectivity index (χ0v) is 54.7. The predicted octanol–water partition coefficient (Wildman–Crippen LogP) is 15.1. The van der Waals surface area contributed by atoms with Crippen molar-refractivity contribution in [3.05, 3.63) is 112 Å². The molecule has 0 saturated heterocycles. The zero-order valence-electron chi connectivity index (χ0n) is 48.7. The Bertz CT molecular complexity index is 4100. The Labute approximate surface area is 540 Å². The number of rotatable bonds is 19. The predicted molar refractivity (Wildman–Crippen MR) is 354 cm³/mol. The van der Waals surface area contributed by atoms with E-state index < -0.39 is 54.6 Å². The quantitative estimate of drug-likeness (QED) is 0.0377. The first kappa shape index (κ1) is 70.5. The minimum Gasteiger partial charge on any atom is -0.309 e. The van der Waals surface area contributed by atoms with Crippen LogP contribution in [0, 0.1) is 29.4 Å². The minimum atomic E-state index is -2.60. The van der Waals surface area contributed by atoms with E-state index in [9.17, 15) is 36.3 Å². The van der Waals surface area contributed by atoms with Gasteiger partial charge in [0.2, 0.25) is 11.8 Å². The number of H-pyrrole nitrogens is 2. The van der Waals surface area contributed by atoms with Gasteiger partial charge in [-0.1, -0.05) is 36.1 Å². The summed E-state index contributed by atoms with van der Waals surface area (Å²) >= 11 is 4.01. The van der Waals surface area contributed by atoms with Crippen LogP contribution in [0.3, 0.4) is 0 Å². The van der Waals surface area contributed by atoms with Crippen molar-refractivity contribution in [1.82, 2.24) is 63.5 Å². The topological polar surface area (TPSA) is 235 Å². The fourth-order valence-corrected chi connectivity index (χ4v) is 27.1. The summed E-state index contributed by atoms with van der Waals surface area (Å²) < 4.78 is 79.1. The second kappa shape index (κ2) is 30.9. The Hall–Kier alpha value is -6.94. The number of imidazole rings is 3. The number of carbonyl (C=O) groups is 3. The van der Waals surface area contributed by atoms with Gasteiger partial charge in [-0.2, -0.15) is 10.2 Å². The van der Waals surface area contributed by atoms with Crippen molar-refractivity contribution >= 4 is 128 Å². The second-order valence-electron chi connectivity index (χ2n) is 22.3. The summed E-state index contributed by atoms with van der Waals surface area (Å²) in [6.45, 7) is 10.6. The molecule has 10 aromatic rings. The van der Waals surface area contributed by atoms with E-state index in [1.54, 1.807) is 58.4 Å². The molecule has 27 heteroatoms. The van der Waals surface area contributed by atoms with Gasteiger partial charge in [0.25, 0.3) is 0 Å². The van der Waals surface area contributed by atoms with Gasteiger partial charge in [0.1, 0.15) is 28.6 Å². The van der Waals surface area contributed by atoms with Gasteiger partial charge in [-0.15, -0.1) is 0 Å². The molecule has 19 nitrogen and oxygen atoms in total. The van der Waals surface area contributed by atoms with Crippen LogP contribution in [0.4, 0.5) is 39.4 Å². The molecule has 6 atom stereocenters. The fraction of sp³-hybridized carbons (Fsp3) is 0.444.